The number of rotatable bonds is 6. The van der Waals surface area contributed by atoms with Crippen LogP contribution in [-0.2, 0) is 28.6 Å². The zero-order valence-corrected chi connectivity index (χ0v) is 14.4. The molecule has 0 unspecified atom stereocenters. The summed E-state index contributed by atoms with van der Waals surface area (Å²) in [5.41, 5.74) is -3.02. The minimum absolute atomic E-state index is 0.0248. The first-order valence-corrected chi connectivity index (χ1v) is 7.71. The molecule has 150 valence electrons. The average molecular weight is 404 g/mol. The van der Waals surface area contributed by atoms with Crippen LogP contribution in [0.4, 0.5) is 26.3 Å². The highest BCUT2D eigenvalue weighted by Crippen LogP contribution is 2.36. The molecule has 0 fully saturated rings. The van der Waals surface area contributed by atoms with Crippen LogP contribution < -0.4 is 0 Å². The molecule has 10 heteroatoms. The summed E-state index contributed by atoms with van der Waals surface area (Å²) < 4.78 is 77.9. The number of hydrogen-bond acceptors (Lipinski definition) is 4. The van der Waals surface area contributed by atoms with E-state index < -0.39 is 29.0 Å². The lowest BCUT2D eigenvalue weighted by atomic mass is 10.0. The number of nitrogens with zero attached hydrogens (tertiary/aromatic N) is 2. The summed E-state index contributed by atoms with van der Waals surface area (Å²) in [6.07, 6.45) is -9.08. The van der Waals surface area contributed by atoms with Gasteiger partial charge in [0, 0.05) is 5.56 Å². The Bertz CT molecular complexity index is 813. The third-order valence-corrected chi connectivity index (χ3v) is 3.40. The summed E-state index contributed by atoms with van der Waals surface area (Å²) in [5.74, 6) is 0. The summed E-state index contributed by atoms with van der Waals surface area (Å²) in [4.78, 5) is 9.51. The molecule has 4 nitrogen and oxygen atoms in total. The highest BCUT2D eigenvalue weighted by molar-refractivity contribution is 6.38. The SMILES string of the molecule is CON=C(C=NOCc1ccccc1)c1cc(C(F)(F)F)cc(C(F)(F)F)c1. The fourth-order valence-corrected chi connectivity index (χ4v) is 2.13. The van der Waals surface area contributed by atoms with Crippen LogP contribution in [0, 0.1) is 0 Å². The van der Waals surface area contributed by atoms with Gasteiger partial charge in [-0.2, -0.15) is 26.3 Å². The van der Waals surface area contributed by atoms with E-state index in [0.717, 1.165) is 18.9 Å². The molecular weight excluding hydrogens is 390 g/mol. The first-order chi connectivity index (χ1) is 13.1. The standard InChI is InChI=1S/C18H14F6N2O2/c1-27-26-16(10-25-28-11-12-5-3-2-4-6-12)13-7-14(17(19,20)21)9-15(8-13)18(22,23)24/h2-10H,11H2,1H3. The lowest BCUT2D eigenvalue weighted by Gasteiger charge is -2.14. The molecule has 0 heterocycles. The summed E-state index contributed by atoms with van der Waals surface area (Å²) in [7, 11) is 1.09. The molecule has 0 atom stereocenters. The van der Waals surface area contributed by atoms with Crippen LogP contribution in [0.25, 0.3) is 0 Å². The van der Waals surface area contributed by atoms with Crippen molar-refractivity contribution < 1.29 is 36.0 Å². The van der Waals surface area contributed by atoms with E-state index >= 15 is 0 Å². The van der Waals surface area contributed by atoms with Crippen molar-refractivity contribution in [2.24, 2.45) is 10.3 Å². The normalized spacial score (nSPS) is 13.0. The fraction of sp³-hybridized carbons (Fsp3) is 0.222. The Morgan fingerprint density at radius 2 is 1.50 bits per heavy atom. The van der Waals surface area contributed by atoms with Gasteiger partial charge >= 0.3 is 12.4 Å². The summed E-state index contributed by atoms with van der Waals surface area (Å²) >= 11 is 0. The quantitative estimate of drug-likeness (QED) is 0.374. The van der Waals surface area contributed by atoms with E-state index in [-0.39, 0.29) is 18.4 Å². The smallest absolute Gasteiger partial charge is 0.399 e. The number of hydrogen-bond donors (Lipinski definition) is 0. The Morgan fingerprint density at radius 3 is 2.00 bits per heavy atom. The van der Waals surface area contributed by atoms with Crippen molar-refractivity contribution in [3.05, 3.63) is 70.8 Å². The Balaban J connectivity index is 2.31. The van der Waals surface area contributed by atoms with E-state index in [2.05, 4.69) is 15.1 Å². The molecule has 0 radical (unpaired) electrons. The first kappa shape index (κ1) is 21.3. The molecule has 0 saturated carbocycles. The average Bonchev–Trinajstić information content (AvgIpc) is 2.63. The first-order valence-electron chi connectivity index (χ1n) is 7.71. The number of halogens is 6. The molecule has 0 N–H and O–H groups in total. The predicted octanol–water partition coefficient (Wildman–Crippen LogP) is 5.28. The molecule has 0 spiro atoms. The molecule has 0 aliphatic rings. The molecule has 2 aromatic rings. The maximum Gasteiger partial charge on any atom is 0.416 e. The van der Waals surface area contributed by atoms with Crippen LogP contribution in [0.15, 0.2) is 58.8 Å². The van der Waals surface area contributed by atoms with Gasteiger partial charge in [-0.15, -0.1) is 0 Å². The van der Waals surface area contributed by atoms with Crippen molar-refractivity contribution in [1.29, 1.82) is 0 Å². The molecule has 28 heavy (non-hydrogen) atoms. The molecule has 2 aromatic carbocycles. The molecule has 0 aliphatic heterocycles. The molecule has 0 amide bonds. The van der Waals surface area contributed by atoms with Crippen molar-refractivity contribution >= 4 is 11.9 Å². The monoisotopic (exact) mass is 404 g/mol. The van der Waals surface area contributed by atoms with E-state index in [9.17, 15) is 26.3 Å². The third kappa shape index (κ3) is 6.00. The Morgan fingerprint density at radius 1 is 0.929 bits per heavy atom. The lowest BCUT2D eigenvalue weighted by Crippen LogP contribution is -2.14. The molecule has 0 aliphatic carbocycles. The van der Waals surface area contributed by atoms with Gasteiger partial charge in [0.2, 0.25) is 0 Å². The topological polar surface area (TPSA) is 43.2 Å². The van der Waals surface area contributed by atoms with Crippen LogP contribution in [0.2, 0.25) is 0 Å². The van der Waals surface area contributed by atoms with Gasteiger partial charge < -0.3 is 9.68 Å². The minimum Gasteiger partial charge on any atom is -0.399 e. The van der Waals surface area contributed by atoms with E-state index in [1.54, 1.807) is 30.3 Å². The molecular formula is C18H14F6N2O2. The predicted molar refractivity (Wildman–Crippen MR) is 89.7 cm³/mol. The maximum absolute atomic E-state index is 13.0. The number of oxime groups is 2. The second-order valence-electron chi connectivity index (χ2n) is 5.45. The Kier molecular flexibility index (Phi) is 6.66. The zero-order chi connectivity index (χ0) is 20.8. The van der Waals surface area contributed by atoms with E-state index in [4.69, 9.17) is 4.84 Å². The van der Waals surface area contributed by atoms with Gasteiger partial charge in [0.1, 0.15) is 19.4 Å². The summed E-state index contributed by atoms with van der Waals surface area (Å²) in [6, 6.07) is 9.90. The maximum atomic E-state index is 13.0. The van der Waals surface area contributed by atoms with Crippen molar-refractivity contribution in [1.82, 2.24) is 0 Å². The number of benzene rings is 2. The van der Waals surface area contributed by atoms with Crippen LogP contribution >= 0.6 is 0 Å². The largest absolute Gasteiger partial charge is 0.416 e. The molecule has 0 saturated heterocycles. The van der Waals surface area contributed by atoms with E-state index in [0.29, 0.717) is 12.1 Å². The van der Waals surface area contributed by atoms with Crippen molar-refractivity contribution in [3.8, 4) is 0 Å². The van der Waals surface area contributed by atoms with Gasteiger partial charge in [-0.25, -0.2) is 0 Å². The second-order valence-corrected chi connectivity index (χ2v) is 5.45. The third-order valence-electron chi connectivity index (χ3n) is 3.40. The van der Waals surface area contributed by atoms with Gasteiger partial charge in [-0.1, -0.05) is 40.6 Å². The van der Waals surface area contributed by atoms with Crippen LogP contribution in [0.5, 0.6) is 0 Å². The van der Waals surface area contributed by atoms with Gasteiger partial charge in [0.15, 0.2) is 0 Å². The fourth-order valence-electron chi connectivity index (χ4n) is 2.13. The van der Waals surface area contributed by atoms with Crippen molar-refractivity contribution in [2.45, 2.75) is 19.0 Å². The summed E-state index contributed by atoms with van der Waals surface area (Å²) in [6.45, 7) is 0.0496. The molecule has 0 bridgehead atoms. The molecule has 2 rings (SSSR count). The summed E-state index contributed by atoms with van der Waals surface area (Å²) in [5, 5.41) is 6.99. The van der Waals surface area contributed by atoms with Crippen LogP contribution in [0.1, 0.15) is 22.3 Å². The van der Waals surface area contributed by atoms with Crippen molar-refractivity contribution in [2.75, 3.05) is 7.11 Å². The second kappa shape index (κ2) is 8.77. The number of alkyl halides is 6. The Hall–Kier alpha value is -3.04. The lowest BCUT2D eigenvalue weighted by molar-refractivity contribution is -0.143. The van der Waals surface area contributed by atoms with Gasteiger partial charge in [-0.05, 0) is 23.8 Å². The van der Waals surface area contributed by atoms with Gasteiger partial charge in [-0.3, -0.25) is 0 Å². The van der Waals surface area contributed by atoms with E-state index in [1.807, 2.05) is 0 Å². The van der Waals surface area contributed by atoms with Gasteiger partial charge in [0.25, 0.3) is 0 Å². The van der Waals surface area contributed by atoms with Gasteiger partial charge in [0.05, 0.1) is 17.3 Å². The van der Waals surface area contributed by atoms with Crippen LogP contribution in [0.3, 0.4) is 0 Å². The Labute approximate surface area is 156 Å². The van der Waals surface area contributed by atoms with Crippen molar-refractivity contribution in [3.63, 3.8) is 0 Å². The molecule has 0 aromatic heterocycles. The minimum atomic E-state index is -4.98. The highest BCUT2D eigenvalue weighted by atomic mass is 19.4. The van der Waals surface area contributed by atoms with E-state index in [1.165, 1.54) is 0 Å². The zero-order valence-electron chi connectivity index (χ0n) is 14.4. The van der Waals surface area contributed by atoms with Crippen LogP contribution in [-0.4, -0.2) is 19.0 Å². The highest BCUT2D eigenvalue weighted by Gasteiger charge is 2.37.